The molecule has 1 aliphatic rings. The fourth-order valence-corrected chi connectivity index (χ4v) is 2.14. The summed E-state index contributed by atoms with van der Waals surface area (Å²) in [4.78, 5) is 4.23. The Kier molecular flexibility index (Phi) is 2.53. The molecule has 13 heavy (non-hydrogen) atoms. The van der Waals surface area contributed by atoms with Crippen molar-refractivity contribution in [3.8, 4) is 0 Å². The molecule has 1 aliphatic carbocycles. The summed E-state index contributed by atoms with van der Waals surface area (Å²) in [5, 5.41) is 7.50. The molecule has 1 N–H and O–H groups in total. The van der Waals surface area contributed by atoms with Crippen molar-refractivity contribution in [3.05, 3.63) is 4.73 Å². The van der Waals surface area contributed by atoms with Crippen LogP contribution in [0.5, 0.6) is 0 Å². The van der Waals surface area contributed by atoms with Gasteiger partial charge in [-0.2, -0.15) is 4.98 Å². The van der Waals surface area contributed by atoms with Crippen LogP contribution in [0, 0.1) is 0 Å². The van der Waals surface area contributed by atoms with Gasteiger partial charge in [0, 0.05) is 13.1 Å². The third-order valence-electron chi connectivity index (χ3n) is 2.43. The van der Waals surface area contributed by atoms with Crippen LogP contribution in [0.1, 0.15) is 25.7 Å². The van der Waals surface area contributed by atoms with E-state index in [2.05, 4.69) is 31.3 Å². The molecule has 0 spiro atoms. The summed E-state index contributed by atoms with van der Waals surface area (Å²) < 4.78 is 2.41. The fraction of sp³-hybridized carbons (Fsp3) is 0.750. The highest BCUT2D eigenvalue weighted by atomic mass is 79.9. The van der Waals surface area contributed by atoms with E-state index in [4.69, 9.17) is 0 Å². The number of aryl methyl sites for hydroxylation is 1. The molecule has 0 amide bonds. The monoisotopic (exact) mass is 244 g/mol. The van der Waals surface area contributed by atoms with Gasteiger partial charge in [-0.1, -0.05) is 12.8 Å². The van der Waals surface area contributed by atoms with Gasteiger partial charge in [0.05, 0.1) is 0 Å². The van der Waals surface area contributed by atoms with Crippen molar-refractivity contribution in [3.63, 3.8) is 0 Å². The van der Waals surface area contributed by atoms with E-state index in [1.807, 2.05) is 7.05 Å². The molecule has 1 fully saturated rings. The molecule has 0 saturated heterocycles. The molecule has 0 radical (unpaired) electrons. The molecule has 0 aromatic carbocycles. The molecular formula is C8H13BrN4. The highest BCUT2D eigenvalue weighted by Crippen LogP contribution is 2.21. The van der Waals surface area contributed by atoms with Crippen LogP contribution in [0.3, 0.4) is 0 Å². The molecule has 1 heterocycles. The number of halogens is 1. The number of rotatable bonds is 2. The normalized spacial score (nSPS) is 18.0. The summed E-state index contributed by atoms with van der Waals surface area (Å²) in [6.45, 7) is 0. The van der Waals surface area contributed by atoms with Crippen LogP contribution in [-0.4, -0.2) is 20.8 Å². The second-order valence-electron chi connectivity index (χ2n) is 3.45. The summed E-state index contributed by atoms with van der Waals surface area (Å²) >= 11 is 3.25. The molecule has 4 nitrogen and oxygen atoms in total. The van der Waals surface area contributed by atoms with Crippen molar-refractivity contribution >= 4 is 21.9 Å². The number of aromatic nitrogens is 3. The summed E-state index contributed by atoms with van der Waals surface area (Å²) in [7, 11) is 1.90. The van der Waals surface area contributed by atoms with Crippen LogP contribution in [0.15, 0.2) is 4.73 Å². The molecule has 1 saturated carbocycles. The molecule has 1 aromatic rings. The zero-order valence-corrected chi connectivity index (χ0v) is 9.21. The van der Waals surface area contributed by atoms with Crippen LogP contribution < -0.4 is 5.32 Å². The van der Waals surface area contributed by atoms with E-state index in [1.54, 1.807) is 4.68 Å². The smallest absolute Gasteiger partial charge is 0.222 e. The Bertz CT molecular complexity index is 290. The first-order valence-corrected chi connectivity index (χ1v) is 5.38. The topological polar surface area (TPSA) is 42.7 Å². The van der Waals surface area contributed by atoms with E-state index in [0.29, 0.717) is 10.8 Å². The largest absolute Gasteiger partial charge is 0.352 e. The Labute approximate surface area is 85.9 Å². The van der Waals surface area contributed by atoms with Crippen LogP contribution in [-0.2, 0) is 7.05 Å². The maximum absolute atomic E-state index is 4.23. The number of nitrogens with one attached hydrogen (secondary N) is 1. The van der Waals surface area contributed by atoms with Gasteiger partial charge in [-0.3, -0.25) is 0 Å². The van der Waals surface area contributed by atoms with Crippen LogP contribution in [0.2, 0.25) is 0 Å². The lowest BCUT2D eigenvalue weighted by atomic mass is 10.3. The average molecular weight is 245 g/mol. The predicted molar refractivity (Wildman–Crippen MR) is 54.6 cm³/mol. The number of hydrogen-bond donors (Lipinski definition) is 1. The highest BCUT2D eigenvalue weighted by molar-refractivity contribution is 9.10. The van der Waals surface area contributed by atoms with Crippen molar-refractivity contribution in [1.82, 2.24) is 14.8 Å². The van der Waals surface area contributed by atoms with Crippen LogP contribution in [0.25, 0.3) is 0 Å². The Morgan fingerprint density at radius 1 is 1.46 bits per heavy atom. The first-order valence-electron chi connectivity index (χ1n) is 4.59. The standard InChI is InChI=1S/C8H13BrN4/c1-13-8(11-7(9)12-13)10-6-4-2-3-5-6/h6H,2-5H2,1H3,(H,10,11,12). The molecule has 0 unspecified atom stereocenters. The van der Waals surface area contributed by atoms with Gasteiger partial charge in [0.15, 0.2) is 0 Å². The predicted octanol–water partition coefficient (Wildman–Crippen LogP) is 1.93. The zero-order chi connectivity index (χ0) is 9.26. The van der Waals surface area contributed by atoms with E-state index in [9.17, 15) is 0 Å². The van der Waals surface area contributed by atoms with Gasteiger partial charge >= 0.3 is 0 Å². The Morgan fingerprint density at radius 2 is 2.15 bits per heavy atom. The van der Waals surface area contributed by atoms with Crippen molar-refractivity contribution in [1.29, 1.82) is 0 Å². The maximum atomic E-state index is 4.23. The Morgan fingerprint density at radius 3 is 2.69 bits per heavy atom. The van der Waals surface area contributed by atoms with Crippen molar-refractivity contribution < 1.29 is 0 Å². The maximum Gasteiger partial charge on any atom is 0.222 e. The molecule has 1 aromatic heterocycles. The average Bonchev–Trinajstić information content (AvgIpc) is 2.63. The van der Waals surface area contributed by atoms with Gasteiger partial charge in [-0.25, -0.2) is 4.68 Å². The number of hydrogen-bond acceptors (Lipinski definition) is 3. The molecule has 0 aliphatic heterocycles. The van der Waals surface area contributed by atoms with Gasteiger partial charge in [0.1, 0.15) is 0 Å². The Hall–Kier alpha value is -0.580. The first-order chi connectivity index (χ1) is 6.25. The van der Waals surface area contributed by atoms with E-state index in [-0.39, 0.29) is 0 Å². The Balaban J connectivity index is 2.03. The molecule has 72 valence electrons. The first kappa shape index (κ1) is 8.99. The van der Waals surface area contributed by atoms with Crippen LogP contribution >= 0.6 is 15.9 Å². The van der Waals surface area contributed by atoms with Crippen molar-refractivity contribution in [2.75, 3.05) is 5.32 Å². The SMILES string of the molecule is Cn1nc(Br)nc1NC1CCCC1. The summed E-state index contributed by atoms with van der Waals surface area (Å²) in [6, 6.07) is 0.592. The van der Waals surface area contributed by atoms with Gasteiger partial charge < -0.3 is 5.32 Å². The minimum absolute atomic E-state index is 0.592. The van der Waals surface area contributed by atoms with Crippen molar-refractivity contribution in [2.24, 2.45) is 7.05 Å². The molecule has 2 rings (SSSR count). The molecule has 0 atom stereocenters. The van der Waals surface area contributed by atoms with Crippen molar-refractivity contribution in [2.45, 2.75) is 31.7 Å². The van der Waals surface area contributed by atoms with Crippen LogP contribution in [0.4, 0.5) is 5.95 Å². The quantitative estimate of drug-likeness (QED) is 0.865. The van der Waals surface area contributed by atoms with Gasteiger partial charge in [0.2, 0.25) is 10.7 Å². The van der Waals surface area contributed by atoms with E-state index >= 15 is 0 Å². The number of nitrogens with zero attached hydrogens (tertiary/aromatic N) is 3. The summed E-state index contributed by atoms with van der Waals surface area (Å²) in [5.41, 5.74) is 0. The lowest BCUT2D eigenvalue weighted by Gasteiger charge is -2.10. The van der Waals surface area contributed by atoms with Gasteiger partial charge in [-0.15, -0.1) is 5.10 Å². The summed E-state index contributed by atoms with van der Waals surface area (Å²) in [5.74, 6) is 0.860. The molecule has 0 bridgehead atoms. The lowest BCUT2D eigenvalue weighted by Crippen LogP contribution is -2.17. The molecule has 5 heteroatoms. The van der Waals surface area contributed by atoms with E-state index in [0.717, 1.165) is 5.95 Å². The second kappa shape index (κ2) is 3.65. The van der Waals surface area contributed by atoms with E-state index in [1.165, 1.54) is 25.7 Å². The van der Waals surface area contributed by atoms with Gasteiger partial charge in [0.25, 0.3) is 0 Å². The summed E-state index contributed by atoms with van der Waals surface area (Å²) in [6.07, 6.45) is 5.17. The highest BCUT2D eigenvalue weighted by Gasteiger charge is 2.16. The third kappa shape index (κ3) is 2.02. The minimum atomic E-state index is 0.592. The van der Waals surface area contributed by atoms with E-state index < -0.39 is 0 Å². The number of anilines is 1. The minimum Gasteiger partial charge on any atom is -0.352 e. The lowest BCUT2D eigenvalue weighted by molar-refractivity contribution is 0.706. The third-order valence-corrected chi connectivity index (χ3v) is 2.76. The zero-order valence-electron chi connectivity index (χ0n) is 7.63. The van der Waals surface area contributed by atoms with Gasteiger partial charge in [-0.05, 0) is 28.8 Å². The molecular weight excluding hydrogens is 232 g/mol. The second-order valence-corrected chi connectivity index (χ2v) is 4.16. The fourth-order valence-electron chi connectivity index (χ4n) is 1.73.